The van der Waals surface area contributed by atoms with Gasteiger partial charge in [0.15, 0.2) is 0 Å². The fourth-order valence-corrected chi connectivity index (χ4v) is 2.92. The van der Waals surface area contributed by atoms with Crippen molar-refractivity contribution in [2.75, 3.05) is 0 Å². The van der Waals surface area contributed by atoms with Crippen LogP contribution in [0.3, 0.4) is 0 Å². The molecule has 0 aliphatic carbocycles. The molecule has 0 spiro atoms. The Morgan fingerprint density at radius 1 is 0.773 bits per heavy atom. The van der Waals surface area contributed by atoms with Gasteiger partial charge in [0, 0.05) is 10.8 Å². The summed E-state index contributed by atoms with van der Waals surface area (Å²) in [5.74, 6) is -0.471. The van der Waals surface area contributed by atoms with Crippen molar-refractivity contribution in [3.05, 3.63) is 66.1 Å². The predicted octanol–water partition coefficient (Wildman–Crippen LogP) is 5.40. The smallest absolute Gasteiger partial charge is 0.305 e. The molecule has 4 aromatic rings. The Labute approximate surface area is 122 Å². The summed E-state index contributed by atoms with van der Waals surface area (Å²) in [4.78, 5) is 0. The molecule has 4 rings (SSSR count). The van der Waals surface area contributed by atoms with E-state index in [0.29, 0.717) is 27.2 Å². The van der Waals surface area contributed by atoms with Crippen molar-refractivity contribution >= 4 is 27.2 Å². The zero-order chi connectivity index (χ0) is 15.5. The molecular formula is C17H9F4N. The van der Waals surface area contributed by atoms with Crippen LogP contribution >= 0.6 is 0 Å². The number of rotatable bonds is 0. The van der Waals surface area contributed by atoms with E-state index in [1.807, 2.05) is 0 Å². The molecule has 0 aliphatic rings. The molecule has 110 valence electrons. The number of alkyl halides is 3. The van der Waals surface area contributed by atoms with Gasteiger partial charge in [-0.2, -0.15) is 13.2 Å². The minimum absolute atomic E-state index is 0.342. The van der Waals surface area contributed by atoms with Crippen molar-refractivity contribution in [1.82, 2.24) is 4.40 Å². The molecule has 0 N–H and O–H groups in total. The molecular weight excluding hydrogens is 294 g/mol. The minimum Gasteiger partial charge on any atom is -0.305 e. The first kappa shape index (κ1) is 13.1. The second kappa shape index (κ2) is 4.22. The van der Waals surface area contributed by atoms with E-state index in [4.69, 9.17) is 0 Å². The molecule has 0 unspecified atom stereocenters. The van der Waals surface area contributed by atoms with Crippen molar-refractivity contribution < 1.29 is 17.6 Å². The van der Waals surface area contributed by atoms with Gasteiger partial charge >= 0.3 is 6.18 Å². The third kappa shape index (κ3) is 1.78. The Morgan fingerprint density at radius 2 is 1.55 bits per heavy atom. The predicted molar refractivity (Wildman–Crippen MR) is 77.4 cm³/mol. The highest BCUT2D eigenvalue weighted by molar-refractivity contribution is 6.02. The molecule has 0 saturated heterocycles. The Balaban J connectivity index is 2.31. The maximum Gasteiger partial charge on any atom is 0.431 e. The molecule has 2 heterocycles. The summed E-state index contributed by atoms with van der Waals surface area (Å²) in [5, 5.41) is 1.65. The van der Waals surface area contributed by atoms with Crippen LogP contribution in [0.15, 0.2) is 54.6 Å². The summed E-state index contributed by atoms with van der Waals surface area (Å²) in [7, 11) is 0. The van der Waals surface area contributed by atoms with E-state index in [1.54, 1.807) is 30.3 Å². The molecule has 2 aromatic carbocycles. The molecule has 0 aliphatic heterocycles. The van der Waals surface area contributed by atoms with Crippen molar-refractivity contribution in [1.29, 1.82) is 0 Å². The summed E-state index contributed by atoms with van der Waals surface area (Å²) >= 11 is 0. The molecule has 0 bridgehead atoms. The summed E-state index contributed by atoms with van der Waals surface area (Å²) in [6.45, 7) is 0. The van der Waals surface area contributed by atoms with Crippen LogP contribution in [0, 0.1) is 5.82 Å². The lowest BCUT2D eigenvalue weighted by atomic mass is 10.1. The summed E-state index contributed by atoms with van der Waals surface area (Å²) in [6.07, 6.45) is -4.50. The highest BCUT2D eigenvalue weighted by Crippen LogP contribution is 2.36. The largest absolute Gasteiger partial charge is 0.431 e. The number of aromatic nitrogens is 1. The third-order valence-electron chi connectivity index (χ3n) is 3.82. The van der Waals surface area contributed by atoms with E-state index < -0.39 is 17.7 Å². The number of hydrogen-bond donors (Lipinski definition) is 0. The standard InChI is InChI=1S/C17H9F4N/c18-12-5-6-14-11(7-12)8-15-13-4-2-1-3-10(13)9-16(22(14)15)17(19,20)21/h1-9H. The Kier molecular flexibility index (Phi) is 2.52. The van der Waals surface area contributed by atoms with Gasteiger partial charge in [0.25, 0.3) is 0 Å². The SMILES string of the molecule is Fc1ccc2c(c1)cc1c3ccccc3cc(C(F)(F)F)n21. The average molecular weight is 303 g/mol. The lowest BCUT2D eigenvalue weighted by Gasteiger charge is -2.13. The van der Waals surface area contributed by atoms with Crippen LogP contribution in [0.5, 0.6) is 0 Å². The van der Waals surface area contributed by atoms with Gasteiger partial charge in [-0.05, 0) is 35.7 Å². The number of pyridine rings is 1. The van der Waals surface area contributed by atoms with E-state index in [1.165, 1.54) is 18.2 Å². The number of fused-ring (bicyclic) bond motifs is 5. The summed E-state index contributed by atoms with van der Waals surface area (Å²) < 4.78 is 54.8. The van der Waals surface area contributed by atoms with E-state index in [9.17, 15) is 17.6 Å². The minimum atomic E-state index is -4.50. The molecule has 0 radical (unpaired) electrons. The highest BCUT2D eigenvalue weighted by atomic mass is 19.4. The van der Waals surface area contributed by atoms with Gasteiger partial charge in [0.1, 0.15) is 11.5 Å². The fourth-order valence-electron chi connectivity index (χ4n) is 2.92. The molecule has 2 aromatic heterocycles. The normalized spacial score (nSPS) is 12.5. The summed E-state index contributed by atoms with van der Waals surface area (Å²) in [6, 6.07) is 13.4. The number of nitrogens with zero attached hydrogens (tertiary/aromatic N) is 1. The third-order valence-corrected chi connectivity index (χ3v) is 3.82. The van der Waals surface area contributed by atoms with Crippen molar-refractivity contribution in [3.63, 3.8) is 0 Å². The maximum absolute atomic E-state index is 13.4. The molecule has 5 heteroatoms. The van der Waals surface area contributed by atoms with Crippen LogP contribution < -0.4 is 0 Å². The molecule has 0 amide bonds. The lowest BCUT2D eigenvalue weighted by Crippen LogP contribution is -2.11. The summed E-state index contributed by atoms with van der Waals surface area (Å²) in [5.41, 5.74) is 0.00307. The van der Waals surface area contributed by atoms with Crippen molar-refractivity contribution in [2.24, 2.45) is 0 Å². The lowest BCUT2D eigenvalue weighted by molar-refractivity contribution is -0.141. The van der Waals surface area contributed by atoms with Gasteiger partial charge in [-0.1, -0.05) is 24.3 Å². The van der Waals surface area contributed by atoms with Crippen LogP contribution in [0.4, 0.5) is 17.6 Å². The molecule has 1 nitrogen and oxygen atoms in total. The van der Waals surface area contributed by atoms with Gasteiger partial charge in [0.2, 0.25) is 0 Å². The van der Waals surface area contributed by atoms with E-state index in [0.717, 1.165) is 10.5 Å². The van der Waals surface area contributed by atoms with Gasteiger partial charge in [-0.15, -0.1) is 0 Å². The van der Waals surface area contributed by atoms with Gasteiger partial charge in [0.05, 0.1) is 11.0 Å². The Bertz CT molecular complexity index is 1030. The molecule has 0 saturated carbocycles. The van der Waals surface area contributed by atoms with E-state index in [-0.39, 0.29) is 0 Å². The molecule has 0 atom stereocenters. The van der Waals surface area contributed by atoms with E-state index >= 15 is 0 Å². The molecule has 22 heavy (non-hydrogen) atoms. The van der Waals surface area contributed by atoms with Crippen LogP contribution in [0.1, 0.15) is 5.69 Å². The first-order chi connectivity index (χ1) is 10.4. The maximum atomic E-state index is 13.4. The van der Waals surface area contributed by atoms with Gasteiger partial charge < -0.3 is 4.40 Å². The van der Waals surface area contributed by atoms with Crippen molar-refractivity contribution in [2.45, 2.75) is 6.18 Å². The van der Waals surface area contributed by atoms with Crippen molar-refractivity contribution in [3.8, 4) is 0 Å². The van der Waals surface area contributed by atoms with Crippen LogP contribution in [-0.4, -0.2) is 4.40 Å². The topological polar surface area (TPSA) is 4.41 Å². The number of halogens is 4. The van der Waals surface area contributed by atoms with Gasteiger partial charge in [-0.25, -0.2) is 4.39 Å². The fraction of sp³-hybridized carbons (Fsp3) is 0.0588. The zero-order valence-corrected chi connectivity index (χ0v) is 11.2. The molecule has 0 fully saturated rings. The van der Waals surface area contributed by atoms with Gasteiger partial charge in [-0.3, -0.25) is 0 Å². The zero-order valence-electron chi connectivity index (χ0n) is 11.2. The number of hydrogen-bond acceptors (Lipinski definition) is 0. The average Bonchev–Trinajstić information content (AvgIpc) is 2.83. The number of benzene rings is 2. The van der Waals surface area contributed by atoms with Crippen LogP contribution in [-0.2, 0) is 6.18 Å². The van der Waals surface area contributed by atoms with Crippen LogP contribution in [0.2, 0.25) is 0 Å². The first-order valence-electron chi connectivity index (χ1n) is 6.65. The quantitative estimate of drug-likeness (QED) is 0.383. The highest BCUT2D eigenvalue weighted by Gasteiger charge is 2.34. The Morgan fingerprint density at radius 3 is 2.32 bits per heavy atom. The Hall–Kier alpha value is -2.56. The second-order valence-corrected chi connectivity index (χ2v) is 5.18. The first-order valence-corrected chi connectivity index (χ1v) is 6.65. The van der Waals surface area contributed by atoms with E-state index in [2.05, 4.69) is 0 Å². The monoisotopic (exact) mass is 303 g/mol. The second-order valence-electron chi connectivity index (χ2n) is 5.18. The van der Waals surface area contributed by atoms with Crippen LogP contribution in [0.25, 0.3) is 27.2 Å².